The standard InChI is InChI=1S/C18H16N4O2S/c23-16(6-8-19-18(24)14-7-9-25-12-14)22-15-10-20-17(21-11-15)13-4-2-1-3-5-13/h1-5,7,9-12H,6,8H2,(H,19,24)(H,22,23). The number of carbonyl (C=O) groups excluding carboxylic acids is 2. The minimum absolute atomic E-state index is 0.176. The molecule has 3 aromatic rings. The lowest BCUT2D eigenvalue weighted by atomic mass is 10.2. The molecule has 3 rings (SSSR count). The second-order valence-corrected chi connectivity index (χ2v) is 6.01. The van der Waals surface area contributed by atoms with E-state index in [1.54, 1.807) is 23.8 Å². The fourth-order valence-electron chi connectivity index (χ4n) is 2.14. The molecule has 0 spiro atoms. The van der Waals surface area contributed by atoms with E-state index >= 15 is 0 Å². The van der Waals surface area contributed by atoms with E-state index in [1.807, 2.05) is 35.7 Å². The van der Waals surface area contributed by atoms with Crippen molar-refractivity contribution in [3.8, 4) is 11.4 Å². The minimum atomic E-state index is -0.207. The van der Waals surface area contributed by atoms with Gasteiger partial charge in [-0.3, -0.25) is 9.59 Å². The molecule has 0 radical (unpaired) electrons. The molecule has 0 aliphatic carbocycles. The van der Waals surface area contributed by atoms with Crippen LogP contribution in [0.15, 0.2) is 59.6 Å². The molecule has 0 fully saturated rings. The van der Waals surface area contributed by atoms with Crippen LogP contribution in [0.4, 0.5) is 5.69 Å². The number of aromatic nitrogens is 2. The summed E-state index contributed by atoms with van der Waals surface area (Å²) < 4.78 is 0. The zero-order valence-corrected chi connectivity index (χ0v) is 14.1. The number of carbonyl (C=O) groups is 2. The van der Waals surface area contributed by atoms with Gasteiger partial charge >= 0.3 is 0 Å². The molecule has 2 N–H and O–H groups in total. The molecule has 0 aliphatic rings. The molecule has 2 aromatic heterocycles. The van der Waals surface area contributed by atoms with Gasteiger partial charge < -0.3 is 10.6 Å². The highest BCUT2D eigenvalue weighted by molar-refractivity contribution is 7.08. The SMILES string of the molecule is O=C(CCNC(=O)c1ccsc1)Nc1cnc(-c2ccccc2)nc1. The Morgan fingerprint density at radius 1 is 1.04 bits per heavy atom. The van der Waals surface area contributed by atoms with Gasteiger partial charge in [0.2, 0.25) is 5.91 Å². The maximum atomic E-state index is 11.9. The molecule has 25 heavy (non-hydrogen) atoms. The van der Waals surface area contributed by atoms with Crippen LogP contribution in [0.1, 0.15) is 16.8 Å². The number of hydrogen-bond acceptors (Lipinski definition) is 5. The van der Waals surface area contributed by atoms with Gasteiger partial charge in [0.05, 0.1) is 18.1 Å². The Hall–Kier alpha value is -3.06. The third-order valence-electron chi connectivity index (χ3n) is 3.39. The summed E-state index contributed by atoms with van der Waals surface area (Å²) >= 11 is 1.45. The van der Waals surface area contributed by atoms with Crippen LogP contribution in [0.3, 0.4) is 0 Å². The van der Waals surface area contributed by atoms with E-state index in [2.05, 4.69) is 20.6 Å². The number of nitrogens with zero attached hydrogens (tertiary/aromatic N) is 2. The third kappa shape index (κ3) is 4.71. The smallest absolute Gasteiger partial charge is 0.252 e. The van der Waals surface area contributed by atoms with E-state index in [0.29, 0.717) is 17.1 Å². The predicted molar refractivity (Wildman–Crippen MR) is 97.4 cm³/mol. The zero-order valence-electron chi connectivity index (χ0n) is 13.3. The molecular formula is C18H16N4O2S. The molecule has 126 valence electrons. The minimum Gasteiger partial charge on any atom is -0.351 e. The lowest BCUT2D eigenvalue weighted by Crippen LogP contribution is -2.27. The molecule has 6 nitrogen and oxygen atoms in total. The summed E-state index contributed by atoms with van der Waals surface area (Å²) in [5.74, 6) is 0.216. The molecule has 2 heterocycles. The Bertz CT molecular complexity index is 833. The van der Waals surface area contributed by atoms with Crippen molar-refractivity contribution in [2.75, 3.05) is 11.9 Å². The third-order valence-corrected chi connectivity index (χ3v) is 4.07. The summed E-state index contributed by atoms with van der Waals surface area (Å²) in [6.07, 6.45) is 3.31. The lowest BCUT2D eigenvalue weighted by Gasteiger charge is -2.06. The van der Waals surface area contributed by atoms with Gasteiger partial charge in [-0.25, -0.2) is 9.97 Å². The van der Waals surface area contributed by atoms with Crippen LogP contribution >= 0.6 is 11.3 Å². The largest absolute Gasteiger partial charge is 0.351 e. The fraction of sp³-hybridized carbons (Fsp3) is 0.111. The van der Waals surface area contributed by atoms with Crippen molar-refractivity contribution in [1.82, 2.24) is 15.3 Å². The van der Waals surface area contributed by atoms with Gasteiger partial charge in [0.1, 0.15) is 0 Å². The van der Waals surface area contributed by atoms with Crippen LogP contribution < -0.4 is 10.6 Å². The number of benzene rings is 1. The van der Waals surface area contributed by atoms with Crippen LogP contribution in [0.2, 0.25) is 0 Å². The van der Waals surface area contributed by atoms with Crippen LogP contribution in [-0.4, -0.2) is 28.3 Å². The molecule has 0 atom stereocenters. The summed E-state index contributed by atoms with van der Waals surface area (Å²) in [6.45, 7) is 0.267. The molecule has 0 saturated carbocycles. The summed E-state index contributed by atoms with van der Waals surface area (Å²) in [7, 11) is 0. The topological polar surface area (TPSA) is 84.0 Å². The molecule has 0 unspecified atom stereocenters. The van der Waals surface area contributed by atoms with Gasteiger partial charge in [-0.1, -0.05) is 30.3 Å². The highest BCUT2D eigenvalue weighted by Gasteiger charge is 2.08. The molecule has 0 saturated heterocycles. The van der Waals surface area contributed by atoms with Crippen molar-refractivity contribution in [2.24, 2.45) is 0 Å². The number of thiophene rings is 1. The van der Waals surface area contributed by atoms with Gasteiger partial charge in [0.15, 0.2) is 5.82 Å². The highest BCUT2D eigenvalue weighted by atomic mass is 32.1. The van der Waals surface area contributed by atoms with E-state index in [1.165, 1.54) is 11.3 Å². The Balaban J connectivity index is 1.47. The van der Waals surface area contributed by atoms with Crippen molar-refractivity contribution < 1.29 is 9.59 Å². The first kappa shape index (κ1) is 16.8. The van der Waals surface area contributed by atoms with Crippen molar-refractivity contribution in [2.45, 2.75) is 6.42 Å². The second-order valence-electron chi connectivity index (χ2n) is 5.23. The van der Waals surface area contributed by atoms with E-state index in [9.17, 15) is 9.59 Å². The summed E-state index contributed by atoms with van der Waals surface area (Å²) in [6, 6.07) is 11.3. The number of rotatable bonds is 6. The second kappa shape index (κ2) is 8.16. The molecule has 0 aliphatic heterocycles. The van der Waals surface area contributed by atoms with Gasteiger partial charge in [-0.15, -0.1) is 0 Å². The van der Waals surface area contributed by atoms with Gasteiger partial charge in [-0.05, 0) is 11.4 Å². The van der Waals surface area contributed by atoms with E-state index in [-0.39, 0.29) is 24.8 Å². The highest BCUT2D eigenvalue weighted by Crippen LogP contribution is 2.14. The van der Waals surface area contributed by atoms with Gasteiger partial charge in [0, 0.05) is 29.5 Å². The van der Waals surface area contributed by atoms with Crippen molar-refractivity contribution in [3.05, 3.63) is 65.1 Å². The van der Waals surface area contributed by atoms with E-state index < -0.39 is 0 Å². The Labute approximate surface area is 149 Å². The molecule has 0 bridgehead atoms. The Morgan fingerprint density at radius 2 is 1.80 bits per heavy atom. The first-order valence-electron chi connectivity index (χ1n) is 7.70. The maximum absolute atomic E-state index is 11.9. The zero-order chi connectivity index (χ0) is 17.5. The first-order valence-corrected chi connectivity index (χ1v) is 8.64. The Morgan fingerprint density at radius 3 is 2.48 bits per heavy atom. The van der Waals surface area contributed by atoms with Crippen LogP contribution in [-0.2, 0) is 4.79 Å². The number of amides is 2. The lowest BCUT2D eigenvalue weighted by molar-refractivity contribution is -0.116. The molecular weight excluding hydrogens is 336 g/mol. The average molecular weight is 352 g/mol. The van der Waals surface area contributed by atoms with E-state index in [0.717, 1.165) is 5.56 Å². The van der Waals surface area contributed by atoms with Gasteiger partial charge in [0.25, 0.3) is 5.91 Å². The quantitative estimate of drug-likeness (QED) is 0.714. The van der Waals surface area contributed by atoms with Crippen LogP contribution in [0, 0.1) is 0 Å². The number of anilines is 1. The normalized spacial score (nSPS) is 10.2. The predicted octanol–water partition coefficient (Wildman–Crippen LogP) is 2.96. The summed E-state index contributed by atoms with van der Waals surface area (Å²) in [5.41, 5.74) is 2.04. The number of nitrogens with one attached hydrogen (secondary N) is 2. The first-order chi connectivity index (χ1) is 12.2. The maximum Gasteiger partial charge on any atom is 0.252 e. The van der Waals surface area contributed by atoms with Crippen molar-refractivity contribution in [1.29, 1.82) is 0 Å². The average Bonchev–Trinajstić information content (AvgIpc) is 3.18. The molecule has 7 heteroatoms. The Kier molecular flexibility index (Phi) is 5.48. The van der Waals surface area contributed by atoms with Crippen molar-refractivity contribution >= 4 is 28.8 Å². The fourth-order valence-corrected chi connectivity index (χ4v) is 2.77. The summed E-state index contributed by atoms with van der Waals surface area (Å²) in [5, 5.41) is 9.02. The number of hydrogen-bond donors (Lipinski definition) is 2. The monoisotopic (exact) mass is 352 g/mol. The molecule has 2 amide bonds. The van der Waals surface area contributed by atoms with Crippen LogP contribution in [0.25, 0.3) is 11.4 Å². The van der Waals surface area contributed by atoms with Crippen LogP contribution in [0.5, 0.6) is 0 Å². The summed E-state index contributed by atoms with van der Waals surface area (Å²) in [4.78, 5) is 32.2. The van der Waals surface area contributed by atoms with E-state index in [4.69, 9.17) is 0 Å². The molecule has 1 aromatic carbocycles. The van der Waals surface area contributed by atoms with Crippen molar-refractivity contribution in [3.63, 3.8) is 0 Å². The van der Waals surface area contributed by atoms with Gasteiger partial charge in [-0.2, -0.15) is 11.3 Å².